The maximum atomic E-state index is 12.8. The molecule has 0 aliphatic heterocycles. The van der Waals surface area contributed by atoms with Crippen LogP contribution in [-0.2, 0) is 28.6 Å². The van der Waals surface area contributed by atoms with E-state index in [1.54, 1.807) is 0 Å². The Morgan fingerprint density at radius 1 is 0.322 bits per heavy atom. The van der Waals surface area contributed by atoms with Gasteiger partial charge in [-0.3, -0.25) is 14.4 Å². The first kappa shape index (κ1) is 57.4. The van der Waals surface area contributed by atoms with Gasteiger partial charge in [-0.2, -0.15) is 0 Å². The molecular formula is C53H102O6. The molecule has 0 saturated heterocycles. The van der Waals surface area contributed by atoms with E-state index in [0.29, 0.717) is 19.3 Å². The SMILES string of the molecule is CCCCCCCCCCCCCCCC(=O)OC[C@H](COC(=O)CCCCCCCCCCC)OC(=O)CCCCCCCCCCCCCCCCCCC(C)C. The molecule has 0 heterocycles. The van der Waals surface area contributed by atoms with Crippen LogP contribution in [0.1, 0.15) is 297 Å². The quantitative estimate of drug-likeness (QED) is 0.0345. The van der Waals surface area contributed by atoms with Gasteiger partial charge in [-0.15, -0.1) is 0 Å². The average molecular weight is 835 g/mol. The van der Waals surface area contributed by atoms with E-state index in [0.717, 1.165) is 63.7 Å². The number of hydrogen-bond donors (Lipinski definition) is 0. The molecule has 0 aromatic heterocycles. The van der Waals surface area contributed by atoms with Crippen LogP contribution in [0, 0.1) is 5.92 Å². The number of rotatable bonds is 48. The molecule has 0 rings (SSSR count). The maximum absolute atomic E-state index is 12.8. The number of hydrogen-bond acceptors (Lipinski definition) is 6. The predicted molar refractivity (Wildman–Crippen MR) is 252 cm³/mol. The van der Waals surface area contributed by atoms with Gasteiger partial charge in [0.2, 0.25) is 0 Å². The van der Waals surface area contributed by atoms with Crippen LogP contribution in [0.25, 0.3) is 0 Å². The Labute approximate surface area is 368 Å². The third kappa shape index (κ3) is 47.3. The molecule has 59 heavy (non-hydrogen) atoms. The summed E-state index contributed by atoms with van der Waals surface area (Å²) in [6, 6.07) is 0. The Bertz CT molecular complexity index is 887. The second kappa shape index (κ2) is 47.5. The fraction of sp³-hybridized carbons (Fsp3) is 0.943. The fourth-order valence-electron chi connectivity index (χ4n) is 8.04. The molecule has 0 spiro atoms. The van der Waals surface area contributed by atoms with E-state index in [9.17, 15) is 14.4 Å². The second-order valence-electron chi connectivity index (χ2n) is 18.6. The van der Waals surface area contributed by atoms with E-state index in [1.165, 1.54) is 193 Å². The molecule has 0 saturated carbocycles. The van der Waals surface area contributed by atoms with Crippen molar-refractivity contribution in [2.75, 3.05) is 13.2 Å². The molecule has 0 aliphatic carbocycles. The Morgan fingerprint density at radius 2 is 0.559 bits per heavy atom. The molecule has 1 atom stereocenters. The van der Waals surface area contributed by atoms with Crippen molar-refractivity contribution in [3.05, 3.63) is 0 Å². The first-order valence-corrected chi connectivity index (χ1v) is 26.4. The lowest BCUT2D eigenvalue weighted by atomic mass is 10.0. The van der Waals surface area contributed by atoms with E-state index in [1.807, 2.05) is 0 Å². The zero-order chi connectivity index (χ0) is 43.1. The minimum Gasteiger partial charge on any atom is -0.462 e. The van der Waals surface area contributed by atoms with Crippen molar-refractivity contribution in [3.8, 4) is 0 Å². The second-order valence-corrected chi connectivity index (χ2v) is 18.6. The van der Waals surface area contributed by atoms with Crippen LogP contribution >= 0.6 is 0 Å². The lowest BCUT2D eigenvalue weighted by molar-refractivity contribution is -0.167. The molecule has 0 fully saturated rings. The van der Waals surface area contributed by atoms with E-state index >= 15 is 0 Å². The monoisotopic (exact) mass is 835 g/mol. The first-order chi connectivity index (χ1) is 28.9. The van der Waals surface area contributed by atoms with Crippen molar-refractivity contribution in [1.82, 2.24) is 0 Å². The fourth-order valence-corrected chi connectivity index (χ4v) is 8.04. The van der Waals surface area contributed by atoms with Gasteiger partial charge in [0.1, 0.15) is 13.2 Å². The number of carbonyl (C=O) groups excluding carboxylic acids is 3. The normalized spacial score (nSPS) is 11.9. The highest BCUT2D eigenvalue weighted by Gasteiger charge is 2.19. The van der Waals surface area contributed by atoms with Gasteiger partial charge in [0, 0.05) is 19.3 Å². The van der Waals surface area contributed by atoms with Crippen LogP contribution in [-0.4, -0.2) is 37.2 Å². The number of unbranched alkanes of at least 4 members (excludes halogenated alkanes) is 35. The number of carbonyl (C=O) groups is 3. The van der Waals surface area contributed by atoms with Gasteiger partial charge in [-0.05, 0) is 25.2 Å². The topological polar surface area (TPSA) is 78.9 Å². The molecule has 0 amide bonds. The molecule has 6 nitrogen and oxygen atoms in total. The molecular weight excluding hydrogens is 733 g/mol. The van der Waals surface area contributed by atoms with Crippen molar-refractivity contribution in [1.29, 1.82) is 0 Å². The van der Waals surface area contributed by atoms with Crippen LogP contribution < -0.4 is 0 Å². The summed E-state index contributed by atoms with van der Waals surface area (Å²) in [4.78, 5) is 37.9. The third-order valence-electron chi connectivity index (χ3n) is 12.0. The van der Waals surface area contributed by atoms with E-state index < -0.39 is 6.10 Å². The van der Waals surface area contributed by atoms with Crippen LogP contribution in [0.15, 0.2) is 0 Å². The van der Waals surface area contributed by atoms with Gasteiger partial charge in [-0.25, -0.2) is 0 Å². The van der Waals surface area contributed by atoms with Gasteiger partial charge < -0.3 is 14.2 Å². The largest absolute Gasteiger partial charge is 0.462 e. The Hall–Kier alpha value is -1.59. The molecule has 0 aromatic carbocycles. The molecule has 0 radical (unpaired) electrons. The zero-order valence-corrected chi connectivity index (χ0v) is 40.2. The Morgan fingerprint density at radius 3 is 0.831 bits per heavy atom. The highest BCUT2D eigenvalue weighted by atomic mass is 16.6. The van der Waals surface area contributed by atoms with Crippen LogP contribution in [0.4, 0.5) is 0 Å². The van der Waals surface area contributed by atoms with Gasteiger partial charge >= 0.3 is 17.9 Å². The maximum Gasteiger partial charge on any atom is 0.306 e. The summed E-state index contributed by atoms with van der Waals surface area (Å²) in [5, 5.41) is 0. The highest BCUT2D eigenvalue weighted by molar-refractivity contribution is 5.71. The molecule has 0 N–H and O–H groups in total. The summed E-state index contributed by atoms with van der Waals surface area (Å²) in [6.07, 6.45) is 49.5. The van der Waals surface area contributed by atoms with Gasteiger partial charge in [0.25, 0.3) is 0 Å². The van der Waals surface area contributed by atoms with E-state index in [-0.39, 0.29) is 31.1 Å². The zero-order valence-electron chi connectivity index (χ0n) is 40.2. The van der Waals surface area contributed by atoms with E-state index in [4.69, 9.17) is 14.2 Å². The van der Waals surface area contributed by atoms with Gasteiger partial charge in [0.15, 0.2) is 6.10 Å². The molecule has 0 bridgehead atoms. The number of esters is 3. The minimum absolute atomic E-state index is 0.0626. The highest BCUT2D eigenvalue weighted by Crippen LogP contribution is 2.17. The summed E-state index contributed by atoms with van der Waals surface area (Å²) >= 11 is 0. The predicted octanol–water partition coefficient (Wildman–Crippen LogP) is 17.1. The van der Waals surface area contributed by atoms with Crippen molar-refractivity contribution in [2.45, 2.75) is 303 Å². The van der Waals surface area contributed by atoms with Crippen molar-refractivity contribution < 1.29 is 28.6 Å². The van der Waals surface area contributed by atoms with E-state index in [2.05, 4.69) is 27.7 Å². The summed E-state index contributed by atoms with van der Waals surface area (Å²) in [5.74, 6) is 0.00657. The average Bonchev–Trinajstić information content (AvgIpc) is 3.22. The van der Waals surface area contributed by atoms with Gasteiger partial charge in [-0.1, -0.05) is 259 Å². The Balaban J connectivity index is 4.23. The summed E-state index contributed by atoms with van der Waals surface area (Å²) < 4.78 is 16.8. The molecule has 0 aliphatic rings. The van der Waals surface area contributed by atoms with Crippen molar-refractivity contribution in [2.24, 2.45) is 5.92 Å². The Kier molecular flexibility index (Phi) is 46.2. The molecule has 0 unspecified atom stereocenters. The smallest absolute Gasteiger partial charge is 0.306 e. The minimum atomic E-state index is -0.760. The number of ether oxygens (including phenoxy) is 3. The van der Waals surface area contributed by atoms with Crippen LogP contribution in [0.5, 0.6) is 0 Å². The summed E-state index contributed by atoms with van der Waals surface area (Å²) in [6.45, 7) is 9.03. The van der Waals surface area contributed by atoms with Gasteiger partial charge in [0.05, 0.1) is 0 Å². The first-order valence-electron chi connectivity index (χ1n) is 26.4. The van der Waals surface area contributed by atoms with Crippen LogP contribution in [0.3, 0.4) is 0 Å². The van der Waals surface area contributed by atoms with Crippen molar-refractivity contribution >= 4 is 17.9 Å². The summed E-state index contributed by atoms with van der Waals surface area (Å²) in [7, 11) is 0. The molecule has 0 aromatic rings. The summed E-state index contributed by atoms with van der Waals surface area (Å²) in [5.41, 5.74) is 0. The lowest BCUT2D eigenvalue weighted by Gasteiger charge is -2.18. The molecule has 350 valence electrons. The van der Waals surface area contributed by atoms with Crippen LogP contribution in [0.2, 0.25) is 0 Å². The van der Waals surface area contributed by atoms with Crippen molar-refractivity contribution in [3.63, 3.8) is 0 Å². The lowest BCUT2D eigenvalue weighted by Crippen LogP contribution is -2.30. The standard InChI is InChI=1S/C53H102O6/c1-5-7-9-11-13-15-16-21-25-29-33-37-41-45-52(55)58-48-50(47-57-51(54)44-40-36-32-27-14-12-10-8-6-2)59-53(56)46-42-38-34-30-26-23-20-18-17-19-22-24-28-31-35-39-43-49(3)4/h49-50H,5-48H2,1-4H3/t50-/m0/s1. The molecule has 6 heteroatoms. The third-order valence-corrected chi connectivity index (χ3v) is 12.0.